The Kier molecular flexibility index (Phi) is 3.64. The van der Waals surface area contributed by atoms with Crippen molar-refractivity contribution in [2.24, 2.45) is 5.73 Å². The van der Waals surface area contributed by atoms with Gasteiger partial charge in [0.1, 0.15) is 0 Å². The minimum Gasteiger partial charge on any atom is -0.334 e. The fraction of sp³-hybridized carbons (Fsp3) is 0.267. The van der Waals surface area contributed by atoms with Crippen LogP contribution in [-0.4, -0.2) is 40.7 Å². The molecule has 108 valence electrons. The van der Waals surface area contributed by atoms with Gasteiger partial charge in [-0.2, -0.15) is 4.98 Å². The lowest BCUT2D eigenvalue weighted by atomic mass is 10.1. The second-order valence-corrected chi connectivity index (χ2v) is 5.20. The molecule has 0 bridgehead atoms. The summed E-state index contributed by atoms with van der Waals surface area (Å²) < 4.78 is 5.37. The van der Waals surface area contributed by atoms with Crippen LogP contribution in [0.3, 0.4) is 0 Å². The van der Waals surface area contributed by atoms with Crippen LogP contribution >= 0.6 is 0 Å². The average Bonchev–Trinajstić information content (AvgIpc) is 2.95. The van der Waals surface area contributed by atoms with Crippen LogP contribution in [0.25, 0.3) is 22.4 Å². The topological polar surface area (TPSA) is 81.1 Å². The summed E-state index contributed by atoms with van der Waals surface area (Å²) in [7, 11) is 3.91. The maximum Gasteiger partial charge on any atom is 0.258 e. The zero-order valence-electron chi connectivity index (χ0n) is 12.0. The molecule has 6 nitrogen and oxygen atoms in total. The van der Waals surface area contributed by atoms with Gasteiger partial charge in [0, 0.05) is 18.1 Å². The molecule has 0 aliphatic rings. The van der Waals surface area contributed by atoms with Gasteiger partial charge < -0.3 is 15.2 Å². The fourth-order valence-corrected chi connectivity index (χ4v) is 2.25. The van der Waals surface area contributed by atoms with Gasteiger partial charge in [0.25, 0.3) is 5.89 Å². The molecule has 6 heteroatoms. The molecule has 21 heavy (non-hydrogen) atoms. The van der Waals surface area contributed by atoms with E-state index in [0.717, 1.165) is 16.5 Å². The molecule has 0 aliphatic heterocycles. The Hall–Kier alpha value is -2.31. The van der Waals surface area contributed by atoms with E-state index in [0.29, 0.717) is 18.3 Å². The Morgan fingerprint density at radius 2 is 2.05 bits per heavy atom. The number of likely N-dealkylation sites (N-methyl/N-ethyl adjacent to an activating group) is 1. The van der Waals surface area contributed by atoms with Crippen LogP contribution in [0.1, 0.15) is 11.9 Å². The summed E-state index contributed by atoms with van der Waals surface area (Å²) in [5, 5.41) is 4.98. The predicted octanol–water partition coefficient (Wildman–Crippen LogP) is 1.85. The highest BCUT2D eigenvalue weighted by molar-refractivity contribution is 5.91. The first-order chi connectivity index (χ1) is 10.1. The summed E-state index contributed by atoms with van der Waals surface area (Å²) in [5.41, 5.74) is 7.83. The predicted molar refractivity (Wildman–Crippen MR) is 80.5 cm³/mol. The molecule has 0 saturated heterocycles. The van der Waals surface area contributed by atoms with Gasteiger partial charge in [0.15, 0.2) is 5.82 Å². The van der Waals surface area contributed by atoms with Crippen LogP contribution in [0.4, 0.5) is 0 Å². The number of hydrogen-bond donors (Lipinski definition) is 1. The van der Waals surface area contributed by atoms with Crippen LogP contribution in [-0.2, 0) is 0 Å². The second-order valence-electron chi connectivity index (χ2n) is 5.20. The number of para-hydroxylation sites is 1. The molecule has 1 unspecified atom stereocenters. The third kappa shape index (κ3) is 2.76. The third-order valence-corrected chi connectivity index (χ3v) is 3.21. The fourth-order valence-electron chi connectivity index (χ4n) is 2.25. The van der Waals surface area contributed by atoms with Gasteiger partial charge in [-0.3, -0.25) is 4.98 Å². The number of nitrogens with two attached hydrogens (primary N) is 1. The molecule has 0 amide bonds. The Morgan fingerprint density at radius 1 is 1.24 bits per heavy atom. The molecule has 0 aliphatic carbocycles. The van der Waals surface area contributed by atoms with Crippen molar-refractivity contribution < 1.29 is 4.52 Å². The largest absolute Gasteiger partial charge is 0.334 e. The first-order valence-electron chi connectivity index (χ1n) is 6.73. The van der Waals surface area contributed by atoms with Crippen LogP contribution in [0.15, 0.2) is 41.1 Å². The highest BCUT2D eigenvalue weighted by atomic mass is 16.5. The Morgan fingerprint density at radius 3 is 2.86 bits per heavy atom. The summed E-state index contributed by atoms with van der Waals surface area (Å²) in [6.07, 6.45) is 1.74. The normalized spacial score (nSPS) is 13.0. The number of hydrogen-bond acceptors (Lipinski definition) is 6. The maximum atomic E-state index is 6.06. The number of fused-ring (bicyclic) bond motifs is 1. The minimum atomic E-state index is -0.273. The Balaban J connectivity index is 1.99. The second kappa shape index (κ2) is 5.59. The first kappa shape index (κ1) is 13.7. The number of aromatic nitrogens is 3. The summed E-state index contributed by atoms with van der Waals surface area (Å²) >= 11 is 0. The number of nitrogens with zero attached hydrogens (tertiary/aromatic N) is 4. The molecule has 0 spiro atoms. The molecular weight excluding hydrogens is 266 g/mol. The van der Waals surface area contributed by atoms with E-state index in [1.54, 1.807) is 6.20 Å². The molecule has 0 fully saturated rings. The Bertz CT molecular complexity index is 747. The van der Waals surface area contributed by atoms with Gasteiger partial charge in [-0.1, -0.05) is 23.4 Å². The van der Waals surface area contributed by atoms with Crippen molar-refractivity contribution in [1.29, 1.82) is 0 Å². The van der Waals surface area contributed by atoms with Gasteiger partial charge in [-0.05, 0) is 26.2 Å². The van der Waals surface area contributed by atoms with Crippen molar-refractivity contribution in [3.8, 4) is 11.5 Å². The highest BCUT2D eigenvalue weighted by Crippen LogP contribution is 2.26. The molecule has 0 saturated carbocycles. The van der Waals surface area contributed by atoms with Gasteiger partial charge in [0.05, 0.1) is 17.1 Å². The zero-order valence-corrected chi connectivity index (χ0v) is 12.0. The van der Waals surface area contributed by atoms with Gasteiger partial charge in [0.2, 0.25) is 0 Å². The van der Waals surface area contributed by atoms with E-state index in [9.17, 15) is 0 Å². The van der Waals surface area contributed by atoms with Crippen LogP contribution in [0.2, 0.25) is 0 Å². The summed E-state index contributed by atoms with van der Waals surface area (Å²) in [6, 6.07) is 9.45. The van der Waals surface area contributed by atoms with E-state index in [2.05, 4.69) is 15.1 Å². The summed E-state index contributed by atoms with van der Waals surface area (Å²) in [6.45, 7) is 0.663. The maximum absolute atomic E-state index is 6.06. The lowest BCUT2D eigenvalue weighted by Gasteiger charge is -2.12. The minimum absolute atomic E-state index is 0.273. The van der Waals surface area contributed by atoms with Crippen molar-refractivity contribution in [1.82, 2.24) is 20.0 Å². The monoisotopic (exact) mass is 283 g/mol. The number of rotatable bonds is 4. The molecular formula is C15H17N5O. The quantitative estimate of drug-likeness (QED) is 0.787. The molecule has 3 rings (SSSR count). The SMILES string of the molecule is CN(C)CC(N)c1noc(-c2ccnc3ccccc23)n1. The first-order valence-corrected chi connectivity index (χ1v) is 6.73. The molecule has 1 atom stereocenters. The standard InChI is InChI=1S/C15H17N5O/c1-20(2)9-12(16)14-18-15(21-19-14)11-7-8-17-13-6-4-3-5-10(11)13/h3-8,12H,9,16H2,1-2H3. The molecule has 1 aromatic carbocycles. The van der Waals surface area contributed by atoms with E-state index in [1.165, 1.54) is 0 Å². The van der Waals surface area contributed by atoms with Gasteiger partial charge in [-0.25, -0.2) is 0 Å². The zero-order chi connectivity index (χ0) is 14.8. The van der Waals surface area contributed by atoms with Crippen molar-refractivity contribution in [2.45, 2.75) is 6.04 Å². The number of pyridine rings is 1. The van der Waals surface area contributed by atoms with Crippen LogP contribution in [0, 0.1) is 0 Å². The molecule has 3 aromatic rings. The lowest BCUT2D eigenvalue weighted by Crippen LogP contribution is -2.26. The van der Waals surface area contributed by atoms with Crippen molar-refractivity contribution in [3.63, 3.8) is 0 Å². The van der Waals surface area contributed by atoms with E-state index >= 15 is 0 Å². The van der Waals surface area contributed by atoms with Crippen molar-refractivity contribution in [2.75, 3.05) is 20.6 Å². The third-order valence-electron chi connectivity index (χ3n) is 3.21. The summed E-state index contributed by atoms with van der Waals surface area (Å²) in [5.74, 6) is 0.984. The van der Waals surface area contributed by atoms with Crippen molar-refractivity contribution in [3.05, 3.63) is 42.4 Å². The molecule has 0 radical (unpaired) electrons. The van der Waals surface area contributed by atoms with E-state index in [4.69, 9.17) is 10.3 Å². The molecule has 2 heterocycles. The van der Waals surface area contributed by atoms with Crippen LogP contribution < -0.4 is 5.73 Å². The van der Waals surface area contributed by atoms with Crippen LogP contribution in [0.5, 0.6) is 0 Å². The van der Waals surface area contributed by atoms with E-state index in [1.807, 2.05) is 49.3 Å². The average molecular weight is 283 g/mol. The lowest BCUT2D eigenvalue weighted by molar-refractivity contribution is 0.357. The van der Waals surface area contributed by atoms with E-state index < -0.39 is 0 Å². The number of benzene rings is 1. The smallest absolute Gasteiger partial charge is 0.258 e. The van der Waals surface area contributed by atoms with Crippen molar-refractivity contribution >= 4 is 10.9 Å². The molecule has 2 N–H and O–H groups in total. The molecule has 2 aromatic heterocycles. The van der Waals surface area contributed by atoms with Gasteiger partial charge >= 0.3 is 0 Å². The van der Waals surface area contributed by atoms with Gasteiger partial charge in [-0.15, -0.1) is 0 Å². The van der Waals surface area contributed by atoms with E-state index in [-0.39, 0.29) is 6.04 Å². The summed E-state index contributed by atoms with van der Waals surface area (Å²) in [4.78, 5) is 10.7. The highest BCUT2D eigenvalue weighted by Gasteiger charge is 2.17. The Labute approximate surface area is 122 Å².